The Balaban J connectivity index is 0. The summed E-state index contributed by atoms with van der Waals surface area (Å²) in [5.41, 5.74) is 0. The van der Waals surface area contributed by atoms with Crippen LogP contribution in [0.1, 0.15) is 0 Å². The van der Waals surface area contributed by atoms with Crippen molar-refractivity contribution in [2.75, 3.05) is 0 Å². The van der Waals surface area contributed by atoms with Crippen molar-refractivity contribution in [1.82, 2.24) is 0 Å². The van der Waals surface area contributed by atoms with E-state index < -0.39 is 0 Å². The Kier molecular flexibility index (Phi) is 166. The van der Waals surface area contributed by atoms with Gasteiger partial charge in [-0.25, -0.2) is 0 Å². The van der Waals surface area contributed by atoms with Gasteiger partial charge in [0.2, 0.25) is 0 Å². The summed E-state index contributed by atoms with van der Waals surface area (Å²) in [6.07, 6.45) is 0. The van der Waals surface area contributed by atoms with Gasteiger partial charge in [0.05, 0.1) is 0 Å². The molecule has 4 heteroatoms. The molecule has 0 aromatic carbocycles. The molecule has 4 heavy (non-hydrogen) atoms. The zero-order valence-corrected chi connectivity index (χ0v) is 5.93. The summed E-state index contributed by atoms with van der Waals surface area (Å²) in [5.74, 6) is 0. The quantitative estimate of drug-likeness (QED) is 0.583. The molecule has 1 nitrogen and oxygen atoms in total. The Morgan fingerprint density at radius 1 is 0.750 bits per heavy atom. The molecule has 0 aromatic rings. The standard InChI is InChI=1S/3Ag.H2N/h;;;1H2/q;;+1;-1. The fourth-order valence-corrected chi connectivity index (χ4v) is 0. The Morgan fingerprint density at radius 3 is 0.750 bits per heavy atom. The van der Waals surface area contributed by atoms with Crippen molar-refractivity contribution in [2.24, 2.45) is 0 Å². The molecule has 0 saturated heterocycles. The van der Waals surface area contributed by atoms with E-state index in [-0.39, 0.29) is 73.3 Å². The molecule has 0 bridgehead atoms. The first-order valence-corrected chi connectivity index (χ1v) is 0. The molecule has 2 radical (unpaired) electrons. The molecule has 0 fully saturated rings. The van der Waals surface area contributed by atoms with Gasteiger partial charge in [0.25, 0.3) is 0 Å². The molecular formula is H2Ag3N. The van der Waals surface area contributed by atoms with Crippen molar-refractivity contribution in [3.63, 3.8) is 0 Å². The van der Waals surface area contributed by atoms with Gasteiger partial charge >= 0.3 is 22.4 Å². The van der Waals surface area contributed by atoms with Crippen LogP contribution in [0.2, 0.25) is 0 Å². The van der Waals surface area contributed by atoms with E-state index in [1.165, 1.54) is 0 Å². The van der Waals surface area contributed by atoms with Crippen molar-refractivity contribution < 1.29 is 67.1 Å². The van der Waals surface area contributed by atoms with E-state index in [2.05, 4.69) is 0 Å². The van der Waals surface area contributed by atoms with Crippen molar-refractivity contribution in [2.45, 2.75) is 0 Å². The van der Waals surface area contributed by atoms with Gasteiger partial charge in [-0.05, 0) is 0 Å². The molecule has 0 heterocycles. The van der Waals surface area contributed by atoms with Crippen molar-refractivity contribution in [3.05, 3.63) is 6.15 Å². The minimum absolute atomic E-state index is 0. The van der Waals surface area contributed by atoms with Crippen LogP contribution in [-0.2, 0) is 67.1 Å². The largest absolute Gasteiger partial charge is 1.00 e. The van der Waals surface area contributed by atoms with Gasteiger partial charge in [-0.15, -0.1) is 0 Å². The third-order valence-electron chi connectivity index (χ3n) is 0. The maximum Gasteiger partial charge on any atom is 1.00 e. The zero-order valence-electron chi connectivity index (χ0n) is 1.48. The van der Waals surface area contributed by atoms with Gasteiger partial charge in [-0.2, -0.15) is 0 Å². The fourth-order valence-electron chi connectivity index (χ4n) is 0. The number of hydrogen-bond acceptors (Lipinski definition) is 0. The number of nitrogens with two attached hydrogens (primary N) is 1. The molecule has 40 valence electrons. The summed E-state index contributed by atoms with van der Waals surface area (Å²) in [6, 6.07) is 0. The molecule has 0 rings (SSSR count). The van der Waals surface area contributed by atoms with Crippen LogP contribution < -0.4 is 0 Å². The van der Waals surface area contributed by atoms with Crippen LogP contribution in [0.25, 0.3) is 6.15 Å². The number of hydrogen-bond donors (Lipinski definition) is 0. The van der Waals surface area contributed by atoms with E-state index in [0.29, 0.717) is 0 Å². The third-order valence-corrected chi connectivity index (χ3v) is 0. The van der Waals surface area contributed by atoms with E-state index in [4.69, 9.17) is 0 Å². The van der Waals surface area contributed by atoms with Gasteiger partial charge in [0.1, 0.15) is 0 Å². The van der Waals surface area contributed by atoms with E-state index in [1.54, 1.807) is 0 Å². The van der Waals surface area contributed by atoms with Gasteiger partial charge in [0.15, 0.2) is 0 Å². The summed E-state index contributed by atoms with van der Waals surface area (Å²) in [7, 11) is 0. The maximum atomic E-state index is 0. The van der Waals surface area contributed by atoms with E-state index in [9.17, 15) is 0 Å². The molecule has 0 aliphatic rings. The Hall–Kier alpha value is 2.18. The topological polar surface area (TPSA) is 33.5 Å². The van der Waals surface area contributed by atoms with Crippen LogP contribution in [0, 0.1) is 0 Å². The third kappa shape index (κ3) is 8.89. The van der Waals surface area contributed by atoms with Gasteiger partial charge in [-0.1, -0.05) is 0 Å². The normalized spacial score (nSPS) is 0. The molecule has 0 amide bonds. The van der Waals surface area contributed by atoms with Crippen LogP contribution in [0.5, 0.6) is 0 Å². The molecule has 0 atom stereocenters. The van der Waals surface area contributed by atoms with Crippen molar-refractivity contribution in [3.8, 4) is 0 Å². The summed E-state index contributed by atoms with van der Waals surface area (Å²) in [5, 5.41) is 0. The summed E-state index contributed by atoms with van der Waals surface area (Å²) in [4.78, 5) is 0. The van der Waals surface area contributed by atoms with Crippen LogP contribution in [0.3, 0.4) is 0 Å². The van der Waals surface area contributed by atoms with E-state index in [1.807, 2.05) is 0 Å². The minimum Gasteiger partial charge on any atom is -0.693 e. The number of rotatable bonds is 0. The Bertz CT molecular complexity index is 3.25. The van der Waals surface area contributed by atoms with Crippen LogP contribution >= 0.6 is 0 Å². The monoisotopic (exact) mass is 337 g/mol. The molecule has 0 saturated carbocycles. The predicted molar refractivity (Wildman–Crippen MR) is 5.28 cm³/mol. The molecule has 0 spiro atoms. The fraction of sp³-hybridized carbons (Fsp3) is 0. The minimum atomic E-state index is 0. The first-order valence-electron chi connectivity index (χ1n) is 0. The van der Waals surface area contributed by atoms with Crippen molar-refractivity contribution >= 4 is 0 Å². The zero-order chi connectivity index (χ0) is 0. The van der Waals surface area contributed by atoms with Gasteiger partial charge < -0.3 is 6.15 Å². The maximum absolute atomic E-state index is 0. The second-order valence-corrected chi connectivity index (χ2v) is 0. The molecule has 0 aromatic heterocycles. The summed E-state index contributed by atoms with van der Waals surface area (Å²) < 4.78 is 0. The first kappa shape index (κ1) is 34.9. The molecular weight excluding hydrogens is 338 g/mol. The average molecular weight is 340 g/mol. The molecule has 2 N–H and O–H groups in total. The molecule has 0 aliphatic heterocycles. The second-order valence-electron chi connectivity index (χ2n) is 0. The van der Waals surface area contributed by atoms with Crippen molar-refractivity contribution in [1.29, 1.82) is 0 Å². The van der Waals surface area contributed by atoms with E-state index in [0.717, 1.165) is 0 Å². The van der Waals surface area contributed by atoms with E-state index >= 15 is 0 Å². The SMILES string of the molecule is [Ag+].[Ag].[Ag].[NH2-]. The van der Waals surface area contributed by atoms with Gasteiger partial charge in [-0.3, -0.25) is 0 Å². The smallest absolute Gasteiger partial charge is 0.693 e. The van der Waals surface area contributed by atoms with Crippen LogP contribution in [0.15, 0.2) is 0 Å². The average Bonchev–Trinajstić information content (AvgIpc) is 0. The van der Waals surface area contributed by atoms with Gasteiger partial charge in [0, 0.05) is 44.8 Å². The Morgan fingerprint density at radius 2 is 0.750 bits per heavy atom. The molecule has 0 unspecified atom stereocenters. The summed E-state index contributed by atoms with van der Waals surface area (Å²) >= 11 is 0. The first-order chi connectivity index (χ1) is 0. The molecule has 0 aliphatic carbocycles. The second kappa shape index (κ2) is 19.0. The van der Waals surface area contributed by atoms with Crippen LogP contribution in [-0.4, -0.2) is 0 Å². The summed E-state index contributed by atoms with van der Waals surface area (Å²) in [6.45, 7) is 0. The van der Waals surface area contributed by atoms with Crippen LogP contribution in [0.4, 0.5) is 0 Å². The Labute approximate surface area is 72.4 Å². The predicted octanol–water partition coefficient (Wildman–Crippen LogP) is 0.710.